The highest BCUT2D eigenvalue weighted by atomic mass is 32.2. The van der Waals surface area contributed by atoms with Gasteiger partial charge in [-0.2, -0.15) is 0 Å². The molecule has 0 saturated carbocycles. The topological polar surface area (TPSA) is 58.6 Å². The molecule has 0 aliphatic rings. The molecule has 2 aromatic rings. The SMILES string of the molecule is CCCCCCCN(CCc1cccc(SC(C)(C)C(=O)OC(C)(C)C)c1)C(=O)Nc1ccc(C)cc1. The standard InChI is InChI=1S/C31H46N2O3S/c1-8-9-10-11-12-21-33(29(35)32-26-18-16-24(2)17-19-26)22-20-25-14-13-15-27(23-25)37-31(6,7)28(34)36-30(3,4)5/h13-19,23H,8-12,20-22H2,1-7H3,(H,32,35). The van der Waals surface area contributed by atoms with Crippen LogP contribution >= 0.6 is 11.8 Å². The number of amides is 2. The maximum absolute atomic E-state index is 13.1. The molecule has 0 spiro atoms. The molecule has 0 fully saturated rings. The largest absolute Gasteiger partial charge is 0.459 e. The third kappa shape index (κ3) is 11.6. The lowest BCUT2D eigenvalue weighted by Crippen LogP contribution is -2.37. The molecule has 0 aliphatic carbocycles. The van der Waals surface area contributed by atoms with Gasteiger partial charge in [-0.1, -0.05) is 62.4 Å². The quantitative estimate of drug-likeness (QED) is 0.162. The average molecular weight is 527 g/mol. The number of hydrogen-bond acceptors (Lipinski definition) is 4. The third-order valence-electron chi connectivity index (χ3n) is 5.95. The molecule has 0 radical (unpaired) electrons. The van der Waals surface area contributed by atoms with Crippen LogP contribution in [-0.4, -0.2) is 40.3 Å². The van der Waals surface area contributed by atoms with Crippen LogP contribution in [0.3, 0.4) is 0 Å². The van der Waals surface area contributed by atoms with E-state index in [0.29, 0.717) is 6.54 Å². The molecule has 2 aromatic carbocycles. The van der Waals surface area contributed by atoms with Crippen molar-refractivity contribution in [3.05, 3.63) is 59.7 Å². The van der Waals surface area contributed by atoms with Crippen LogP contribution in [0.25, 0.3) is 0 Å². The number of nitrogens with zero attached hydrogens (tertiary/aromatic N) is 1. The zero-order chi connectivity index (χ0) is 27.5. The maximum atomic E-state index is 13.1. The minimum absolute atomic E-state index is 0.0593. The summed E-state index contributed by atoms with van der Waals surface area (Å²) in [6.07, 6.45) is 6.53. The summed E-state index contributed by atoms with van der Waals surface area (Å²) in [5.74, 6) is -0.225. The molecular formula is C31H46N2O3S. The van der Waals surface area contributed by atoms with Gasteiger partial charge in [0.15, 0.2) is 0 Å². The number of aryl methyl sites for hydroxylation is 1. The molecule has 5 nitrogen and oxygen atoms in total. The van der Waals surface area contributed by atoms with Gasteiger partial charge in [-0.15, -0.1) is 11.8 Å². The smallest absolute Gasteiger partial charge is 0.322 e. The number of thioether (sulfide) groups is 1. The van der Waals surface area contributed by atoms with Crippen LogP contribution in [0, 0.1) is 6.92 Å². The lowest BCUT2D eigenvalue weighted by Gasteiger charge is -2.28. The Labute approximate surface area is 228 Å². The molecule has 0 heterocycles. The Morgan fingerprint density at radius 3 is 2.24 bits per heavy atom. The number of nitrogens with one attached hydrogen (secondary N) is 1. The molecular weight excluding hydrogens is 480 g/mol. The fourth-order valence-corrected chi connectivity index (χ4v) is 4.90. The monoisotopic (exact) mass is 526 g/mol. The molecule has 6 heteroatoms. The van der Waals surface area contributed by atoms with Crippen LogP contribution in [0.4, 0.5) is 10.5 Å². The zero-order valence-corrected chi connectivity index (χ0v) is 24.7. The summed E-state index contributed by atoms with van der Waals surface area (Å²) in [5, 5.41) is 3.06. The van der Waals surface area contributed by atoms with E-state index in [1.807, 2.05) is 82.8 Å². The van der Waals surface area contributed by atoms with Crippen molar-refractivity contribution in [2.75, 3.05) is 18.4 Å². The molecule has 1 N–H and O–H groups in total. The highest BCUT2D eigenvalue weighted by molar-refractivity contribution is 8.01. The van der Waals surface area contributed by atoms with Crippen molar-refractivity contribution >= 4 is 29.4 Å². The summed E-state index contributed by atoms with van der Waals surface area (Å²) in [6, 6.07) is 16.1. The van der Waals surface area contributed by atoms with Crippen molar-refractivity contribution in [2.24, 2.45) is 0 Å². The summed E-state index contributed by atoms with van der Waals surface area (Å²) in [6.45, 7) is 15.1. The minimum atomic E-state index is -0.704. The number of urea groups is 1. The first-order valence-corrected chi connectivity index (χ1v) is 14.4. The molecule has 2 amide bonds. The van der Waals surface area contributed by atoms with Crippen molar-refractivity contribution < 1.29 is 14.3 Å². The second-order valence-electron chi connectivity index (χ2n) is 11.2. The zero-order valence-electron chi connectivity index (χ0n) is 23.9. The van der Waals surface area contributed by atoms with Gasteiger partial charge in [0.1, 0.15) is 10.3 Å². The number of rotatable bonds is 13. The highest BCUT2D eigenvalue weighted by Gasteiger charge is 2.33. The van der Waals surface area contributed by atoms with Gasteiger partial charge >= 0.3 is 12.0 Å². The minimum Gasteiger partial charge on any atom is -0.459 e. The Kier molecular flexibility index (Phi) is 12.0. The number of esters is 1. The van der Waals surface area contributed by atoms with E-state index in [1.165, 1.54) is 36.6 Å². The molecule has 0 aromatic heterocycles. The number of carbonyl (C=O) groups is 2. The molecule has 2 rings (SSSR count). The Morgan fingerprint density at radius 1 is 0.919 bits per heavy atom. The molecule has 0 unspecified atom stereocenters. The number of carbonyl (C=O) groups excluding carboxylic acids is 2. The van der Waals surface area contributed by atoms with Crippen LogP contribution in [0.2, 0.25) is 0 Å². The van der Waals surface area contributed by atoms with Gasteiger partial charge in [0.05, 0.1) is 0 Å². The van der Waals surface area contributed by atoms with Gasteiger partial charge in [0.2, 0.25) is 0 Å². The van der Waals surface area contributed by atoms with Crippen molar-refractivity contribution in [3.8, 4) is 0 Å². The van der Waals surface area contributed by atoms with E-state index < -0.39 is 10.3 Å². The van der Waals surface area contributed by atoms with E-state index in [-0.39, 0.29) is 12.0 Å². The Balaban J connectivity index is 2.04. The van der Waals surface area contributed by atoms with Crippen LogP contribution in [0.15, 0.2) is 53.4 Å². The summed E-state index contributed by atoms with van der Waals surface area (Å²) in [7, 11) is 0. The average Bonchev–Trinajstić information content (AvgIpc) is 2.81. The number of hydrogen-bond donors (Lipinski definition) is 1. The van der Waals surface area contributed by atoms with Crippen molar-refractivity contribution in [1.82, 2.24) is 4.90 Å². The number of benzene rings is 2. The van der Waals surface area contributed by atoms with Crippen LogP contribution in [-0.2, 0) is 16.0 Å². The molecule has 0 aliphatic heterocycles. The first kappa shape index (κ1) is 30.8. The first-order chi connectivity index (χ1) is 17.4. The van der Waals surface area contributed by atoms with Gasteiger partial charge < -0.3 is 15.0 Å². The van der Waals surface area contributed by atoms with E-state index in [4.69, 9.17) is 4.74 Å². The predicted octanol–water partition coefficient (Wildman–Crippen LogP) is 8.25. The van der Waals surface area contributed by atoms with Gasteiger partial charge in [0.25, 0.3) is 0 Å². The molecule has 37 heavy (non-hydrogen) atoms. The highest BCUT2D eigenvalue weighted by Crippen LogP contribution is 2.35. The summed E-state index contributed by atoms with van der Waals surface area (Å²) in [4.78, 5) is 28.8. The molecule has 0 saturated heterocycles. The van der Waals surface area contributed by atoms with E-state index in [0.717, 1.165) is 42.0 Å². The maximum Gasteiger partial charge on any atom is 0.322 e. The predicted molar refractivity (Wildman–Crippen MR) is 156 cm³/mol. The normalized spacial score (nSPS) is 11.8. The Morgan fingerprint density at radius 2 is 1.59 bits per heavy atom. The fourth-order valence-electron chi connectivity index (χ4n) is 3.83. The Hall–Kier alpha value is -2.47. The van der Waals surface area contributed by atoms with Gasteiger partial charge in [-0.3, -0.25) is 4.79 Å². The van der Waals surface area contributed by atoms with Crippen molar-refractivity contribution in [3.63, 3.8) is 0 Å². The van der Waals surface area contributed by atoms with Gasteiger partial charge in [-0.05, 0) is 84.2 Å². The first-order valence-electron chi connectivity index (χ1n) is 13.5. The van der Waals surface area contributed by atoms with Crippen LogP contribution in [0.1, 0.15) is 84.8 Å². The van der Waals surface area contributed by atoms with Crippen LogP contribution < -0.4 is 5.32 Å². The van der Waals surface area contributed by atoms with Crippen molar-refractivity contribution in [2.45, 2.75) is 102 Å². The van der Waals surface area contributed by atoms with Gasteiger partial charge in [0, 0.05) is 23.7 Å². The lowest BCUT2D eigenvalue weighted by molar-refractivity contribution is -0.156. The molecule has 204 valence electrons. The number of anilines is 1. The number of unbranched alkanes of at least 4 members (excludes halogenated alkanes) is 4. The molecule has 0 bridgehead atoms. The lowest BCUT2D eigenvalue weighted by atomic mass is 10.1. The van der Waals surface area contributed by atoms with E-state index in [2.05, 4.69) is 24.4 Å². The third-order valence-corrected chi connectivity index (χ3v) is 7.12. The molecule has 0 atom stereocenters. The second-order valence-corrected chi connectivity index (χ2v) is 12.9. The van der Waals surface area contributed by atoms with Gasteiger partial charge in [-0.25, -0.2) is 4.79 Å². The number of ether oxygens (including phenoxy) is 1. The fraction of sp³-hybridized carbons (Fsp3) is 0.548. The van der Waals surface area contributed by atoms with E-state index in [9.17, 15) is 9.59 Å². The van der Waals surface area contributed by atoms with Crippen molar-refractivity contribution in [1.29, 1.82) is 0 Å². The summed E-state index contributed by atoms with van der Waals surface area (Å²) < 4.78 is 4.91. The summed E-state index contributed by atoms with van der Waals surface area (Å²) >= 11 is 1.51. The Bertz CT molecular complexity index is 996. The van der Waals surface area contributed by atoms with E-state index in [1.54, 1.807) is 0 Å². The second kappa shape index (κ2) is 14.5. The summed E-state index contributed by atoms with van der Waals surface area (Å²) in [5.41, 5.74) is 2.60. The van der Waals surface area contributed by atoms with E-state index >= 15 is 0 Å². The van der Waals surface area contributed by atoms with Crippen LogP contribution in [0.5, 0.6) is 0 Å².